The Balaban J connectivity index is 1.56. The van der Waals surface area contributed by atoms with Crippen LogP contribution in [0.2, 0.25) is 0 Å². The van der Waals surface area contributed by atoms with Crippen molar-refractivity contribution in [2.75, 3.05) is 14.1 Å². The van der Waals surface area contributed by atoms with E-state index >= 15 is 0 Å². The van der Waals surface area contributed by atoms with E-state index in [4.69, 9.17) is 10.2 Å². The Morgan fingerprint density at radius 1 is 1.10 bits per heavy atom. The average Bonchev–Trinajstić information content (AvgIpc) is 3.30. The lowest BCUT2D eigenvalue weighted by Crippen LogP contribution is -2.65. The Morgan fingerprint density at radius 3 is 2.49 bits per heavy atom. The Kier molecular flexibility index (Phi) is 5.29. The molecule has 1 fully saturated rings. The van der Waals surface area contributed by atoms with Gasteiger partial charge >= 0.3 is 0 Å². The van der Waals surface area contributed by atoms with Gasteiger partial charge in [0.2, 0.25) is 5.78 Å². The number of Topliss-reactive ketones (excluding diaryl/α,β-unsaturated/α-hetero) is 2. The van der Waals surface area contributed by atoms with Crippen LogP contribution in [0.3, 0.4) is 0 Å². The molecule has 2 unspecified atom stereocenters. The van der Waals surface area contributed by atoms with Crippen molar-refractivity contribution >= 4 is 34.2 Å². The molecule has 39 heavy (non-hydrogen) atoms. The number of primary amides is 1. The van der Waals surface area contributed by atoms with Crippen LogP contribution in [0, 0.1) is 11.8 Å². The molecule has 3 aliphatic rings. The summed E-state index contributed by atoms with van der Waals surface area (Å²) in [5.41, 5.74) is 3.48. The quantitative estimate of drug-likeness (QED) is 0.318. The van der Waals surface area contributed by atoms with Gasteiger partial charge in [-0.3, -0.25) is 19.3 Å². The van der Waals surface area contributed by atoms with Crippen molar-refractivity contribution < 1.29 is 39.2 Å². The number of benzene rings is 2. The number of para-hydroxylation sites is 1. The van der Waals surface area contributed by atoms with E-state index in [1.54, 1.807) is 20.2 Å². The number of furan rings is 1. The van der Waals surface area contributed by atoms with Crippen molar-refractivity contribution in [3.63, 3.8) is 0 Å². The molecule has 1 saturated carbocycles. The Morgan fingerprint density at radius 2 is 1.82 bits per heavy atom. The molecule has 0 radical (unpaired) electrons. The number of hydrogen-bond acceptors (Lipinski definition) is 9. The zero-order valence-electron chi connectivity index (χ0n) is 21.1. The largest absolute Gasteiger partial charge is 0.508 e. The second-order valence-electron chi connectivity index (χ2n) is 10.6. The van der Waals surface area contributed by atoms with Crippen LogP contribution < -0.4 is 5.73 Å². The van der Waals surface area contributed by atoms with Crippen LogP contribution in [0.25, 0.3) is 28.1 Å². The highest BCUT2D eigenvalue weighted by Crippen LogP contribution is 2.53. The van der Waals surface area contributed by atoms with Gasteiger partial charge in [-0.2, -0.15) is 0 Å². The lowest BCUT2D eigenvalue weighted by Gasteiger charge is -2.50. The number of aliphatic hydroxyl groups is 3. The Hall–Kier alpha value is -4.41. The number of aliphatic hydroxyl groups excluding tert-OH is 2. The minimum absolute atomic E-state index is 0.0149. The summed E-state index contributed by atoms with van der Waals surface area (Å²) in [6.45, 7) is 0. The van der Waals surface area contributed by atoms with E-state index < -0.39 is 58.0 Å². The van der Waals surface area contributed by atoms with Gasteiger partial charge in [0.1, 0.15) is 34.2 Å². The van der Waals surface area contributed by atoms with E-state index in [-0.39, 0.29) is 29.7 Å². The second-order valence-corrected chi connectivity index (χ2v) is 10.6. The van der Waals surface area contributed by atoms with E-state index in [1.807, 2.05) is 30.3 Å². The van der Waals surface area contributed by atoms with Gasteiger partial charge < -0.3 is 30.6 Å². The molecule has 0 spiro atoms. The number of phenolic OH excluding ortho intramolecular Hbond substituents is 1. The number of amides is 1. The number of carbonyl (C=O) groups is 3. The molecular weight excluding hydrogens is 504 g/mol. The molecule has 0 bridgehead atoms. The first-order chi connectivity index (χ1) is 18.5. The van der Waals surface area contributed by atoms with Crippen molar-refractivity contribution in [2.24, 2.45) is 17.6 Å². The normalized spacial score (nSPS) is 26.6. The summed E-state index contributed by atoms with van der Waals surface area (Å²) < 4.78 is 6.04. The maximum absolute atomic E-state index is 13.9. The molecule has 6 N–H and O–H groups in total. The van der Waals surface area contributed by atoms with E-state index in [9.17, 15) is 34.8 Å². The molecule has 10 heteroatoms. The highest BCUT2D eigenvalue weighted by atomic mass is 16.4. The Bertz CT molecular complexity index is 1650. The summed E-state index contributed by atoms with van der Waals surface area (Å²) in [6.07, 6.45) is 0.191. The van der Waals surface area contributed by atoms with Crippen molar-refractivity contribution in [2.45, 2.75) is 24.5 Å². The molecule has 0 aliphatic heterocycles. The number of hydrogen-bond donors (Lipinski definition) is 5. The number of phenols is 1. The van der Waals surface area contributed by atoms with Crippen LogP contribution in [0.4, 0.5) is 0 Å². The summed E-state index contributed by atoms with van der Waals surface area (Å²) in [6, 6.07) is 11.2. The van der Waals surface area contributed by atoms with Crippen LogP contribution in [-0.2, 0) is 20.8 Å². The van der Waals surface area contributed by atoms with Crippen LogP contribution in [0.15, 0.2) is 63.8 Å². The summed E-state index contributed by atoms with van der Waals surface area (Å²) >= 11 is 0. The van der Waals surface area contributed by atoms with Crippen LogP contribution in [0.1, 0.15) is 17.5 Å². The average molecular weight is 531 g/mol. The van der Waals surface area contributed by atoms with E-state index in [0.717, 1.165) is 5.39 Å². The lowest BCUT2D eigenvalue weighted by atomic mass is 9.57. The minimum Gasteiger partial charge on any atom is -0.508 e. The predicted octanol–water partition coefficient (Wildman–Crippen LogP) is 2.38. The number of nitrogens with zero attached hydrogens (tertiary/aromatic N) is 1. The smallest absolute Gasteiger partial charge is 0.255 e. The summed E-state index contributed by atoms with van der Waals surface area (Å²) in [5, 5.41) is 45.7. The fraction of sp³-hybridized carbons (Fsp3) is 0.276. The number of ketones is 2. The molecule has 1 heterocycles. The second kappa shape index (κ2) is 8.29. The predicted molar refractivity (Wildman–Crippen MR) is 139 cm³/mol. The maximum Gasteiger partial charge on any atom is 0.255 e. The molecule has 0 saturated heterocycles. The van der Waals surface area contributed by atoms with Crippen molar-refractivity contribution in [3.05, 3.63) is 70.5 Å². The molecule has 1 aromatic heterocycles. The zero-order valence-corrected chi connectivity index (χ0v) is 21.1. The number of carbonyl (C=O) groups excluding carboxylic acids is 3. The van der Waals surface area contributed by atoms with Gasteiger partial charge in [0.25, 0.3) is 5.91 Å². The zero-order chi connectivity index (χ0) is 28.0. The first-order valence-electron chi connectivity index (χ1n) is 12.4. The molecule has 10 nitrogen and oxygen atoms in total. The van der Waals surface area contributed by atoms with Gasteiger partial charge in [0, 0.05) is 22.4 Å². The third-order valence-corrected chi connectivity index (χ3v) is 8.30. The fourth-order valence-electron chi connectivity index (χ4n) is 6.59. The highest BCUT2D eigenvalue weighted by molar-refractivity contribution is 6.24. The minimum atomic E-state index is -2.67. The monoisotopic (exact) mass is 530 g/mol. The van der Waals surface area contributed by atoms with Crippen LogP contribution >= 0.6 is 0 Å². The Labute approximate surface area is 222 Å². The maximum atomic E-state index is 13.9. The van der Waals surface area contributed by atoms with Gasteiger partial charge in [-0.15, -0.1) is 0 Å². The molecular formula is C29H26N2O8. The standard InChI is InChI=1S/C29H26N2O8/c1-31(2)23-16-10-13-9-15-14(19-11-12-5-3-4-6-18(12)39-19)7-8-17(32)21(15)24(33)20(13)26(35)29(16,38)27(36)22(25(23)34)28(30)37/h3-8,11,13,16,23,32-33,36,38H,9-10H2,1-2H3,(H2,30,37)/t13?,16?,23-,29-/m0/s1. The van der Waals surface area contributed by atoms with Crippen molar-refractivity contribution in [3.8, 4) is 17.1 Å². The van der Waals surface area contributed by atoms with Gasteiger partial charge in [0.05, 0.1) is 11.6 Å². The van der Waals surface area contributed by atoms with Crippen LogP contribution in [0.5, 0.6) is 5.75 Å². The fourth-order valence-corrected chi connectivity index (χ4v) is 6.59. The van der Waals surface area contributed by atoms with E-state index in [1.165, 1.54) is 11.0 Å². The van der Waals surface area contributed by atoms with Gasteiger partial charge in [-0.1, -0.05) is 18.2 Å². The molecule has 200 valence electrons. The highest BCUT2D eigenvalue weighted by Gasteiger charge is 2.64. The molecule has 3 aliphatic carbocycles. The molecule has 3 aromatic rings. The van der Waals surface area contributed by atoms with E-state index in [2.05, 4.69) is 0 Å². The number of aromatic hydroxyl groups is 1. The molecule has 2 aromatic carbocycles. The third-order valence-electron chi connectivity index (χ3n) is 8.30. The van der Waals surface area contributed by atoms with E-state index in [0.29, 0.717) is 22.5 Å². The number of nitrogens with two attached hydrogens (primary N) is 1. The van der Waals surface area contributed by atoms with Crippen LogP contribution in [-0.4, -0.2) is 68.5 Å². The number of rotatable bonds is 3. The number of likely N-dealkylation sites (N-methyl/N-ethyl adjacent to an activating group) is 1. The van der Waals surface area contributed by atoms with Crippen molar-refractivity contribution in [1.82, 2.24) is 4.90 Å². The lowest BCUT2D eigenvalue weighted by molar-refractivity contribution is -0.153. The summed E-state index contributed by atoms with van der Waals surface area (Å²) in [5.74, 6) is -6.34. The van der Waals surface area contributed by atoms with Gasteiger partial charge in [-0.25, -0.2) is 0 Å². The van der Waals surface area contributed by atoms with Gasteiger partial charge in [0.15, 0.2) is 11.4 Å². The topological polar surface area (TPSA) is 175 Å². The first-order valence-corrected chi connectivity index (χ1v) is 12.4. The summed E-state index contributed by atoms with van der Waals surface area (Å²) in [7, 11) is 3.12. The molecule has 1 amide bonds. The first kappa shape index (κ1) is 24.9. The van der Waals surface area contributed by atoms with Crippen molar-refractivity contribution in [1.29, 1.82) is 0 Å². The number of fused-ring (bicyclic) bond motifs is 4. The summed E-state index contributed by atoms with van der Waals surface area (Å²) in [4.78, 5) is 40.7. The molecule has 6 rings (SSSR count). The molecule has 4 atom stereocenters. The van der Waals surface area contributed by atoms with Gasteiger partial charge in [-0.05, 0) is 62.7 Å². The third kappa shape index (κ3) is 3.25. The SMILES string of the molecule is CN(C)[C@@H]1C(=O)C(C(N)=O)=C(O)[C@@]2(O)C(=O)C3=C(O)c4c(O)ccc(-c5cc6ccccc6o5)c4CC3CC12.